The van der Waals surface area contributed by atoms with Gasteiger partial charge in [-0.3, -0.25) is 0 Å². The van der Waals surface area contributed by atoms with Crippen molar-refractivity contribution in [1.82, 2.24) is 5.32 Å². The van der Waals surface area contributed by atoms with Crippen molar-refractivity contribution in [2.75, 3.05) is 12.3 Å². The number of benzene rings is 1. The highest BCUT2D eigenvalue weighted by Gasteiger charge is 2.15. The lowest BCUT2D eigenvalue weighted by molar-refractivity contribution is 0.0529. The molecule has 0 unspecified atom stereocenters. The maximum Gasteiger partial charge on any atom is 0.407 e. The van der Waals surface area contributed by atoms with E-state index >= 15 is 0 Å². The Balaban J connectivity index is 2.41. The molecule has 6 heteroatoms. The molecule has 1 rings (SSSR count). The average molecular weight is 298 g/mol. The highest BCUT2D eigenvalue weighted by Crippen LogP contribution is 2.18. The summed E-state index contributed by atoms with van der Waals surface area (Å²) in [7, 11) is 0. The van der Waals surface area contributed by atoms with Crippen LogP contribution in [0.1, 0.15) is 32.8 Å². The maximum absolute atomic E-state index is 13.2. The Labute approximate surface area is 123 Å². The van der Waals surface area contributed by atoms with Gasteiger partial charge in [-0.2, -0.15) is 0 Å². The fourth-order valence-electron chi connectivity index (χ4n) is 1.49. The third-order valence-electron chi connectivity index (χ3n) is 2.39. The van der Waals surface area contributed by atoms with E-state index < -0.39 is 29.0 Å². The zero-order valence-electron chi connectivity index (χ0n) is 12.4. The topological polar surface area (TPSA) is 64.3 Å². The van der Waals surface area contributed by atoms with Gasteiger partial charge in [0.2, 0.25) is 0 Å². The number of alkyl carbamates (subject to hydrolysis) is 1. The first kappa shape index (κ1) is 16.9. The molecule has 0 heterocycles. The van der Waals surface area contributed by atoms with Gasteiger partial charge >= 0.3 is 6.09 Å². The number of hydrogen-bond donors (Lipinski definition) is 2. The van der Waals surface area contributed by atoms with Crippen LogP contribution in [-0.4, -0.2) is 18.2 Å². The smallest absolute Gasteiger partial charge is 0.407 e. The van der Waals surface area contributed by atoms with Crippen molar-refractivity contribution in [2.24, 2.45) is 0 Å². The van der Waals surface area contributed by atoms with Gasteiger partial charge in [-0.15, -0.1) is 0 Å². The van der Waals surface area contributed by atoms with E-state index in [0.717, 1.165) is 12.1 Å². The van der Waals surface area contributed by atoms with Gasteiger partial charge in [0, 0.05) is 6.54 Å². The summed E-state index contributed by atoms with van der Waals surface area (Å²) in [5.74, 6) is -1.58. The van der Waals surface area contributed by atoms with Gasteiger partial charge in [0.25, 0.3) is 0 Å². The lowest BCUT2D eigenvalue weighted by Gasteiger charge is -2.19. The molecule has 0 spiro atoms. The number of nitrogen functional groups attached to an aromatic ring is 1. The molecule has 1 aromatic rings. The standard InChI is InChI=1S/C15H20F2N2O2/c1-15(2,3)21-14(20)19-7-5-4-6-10-8-11(16)13(18)12(17)9-10/h4,6,8-9H,5,7,18H2,1-3H3,(H,19,20). The average Bonchev–Trinajstić information content (AvgIpc) is 2.33. The molecule has 1 aromatic carbocycles. The van der Waals surface area contributed by atoms with Gasteiger partial charge in [-0.05, 0) is 44.9 Å². The van der Waals surface area contributed by atoms with Crippen LogP contribution in [0.2, 0.25) is 0 Å². The number of halogens is 2. The Morgan fingerprint density at radius 2 is 1.90 bits per heavy atom. The summed E-state index contributed by atoms with van der Waals surface area (Å²) in [6.45, 7) is 5.69. The molecular weight excluding hydrogens is 278 g/mol. The summed E-state index contributed by atoms with van der Waals surface area (Å²) < 4.78 is 31.5. The van der Waals surface area contributed by atoms with Crippen LogP contribution in [0.4, 0.5) is 19.3 Å². The van der Waals surface area contributed by atoms with Crippen molar-refractivity contribution in [2.45, 2.75) is 32.8 Å². The first-order valence-electron chi connectivity index (χ1n) is 6.57. The molecule has 4 nitrogen and oxygen atoms in total. The molecule has 0 bridgehead atoms. The Morgan fingerprint density at radius 3 is 2.43 bits per heavy atom. The maximum atomic E-state index is 13.2. The number of nitrogens with one attached hydrogen (secondary N) is 1. The summed E-state index contributed by atoms with van der Waals surface area (Å²) in [6.07, 6.45) is 3.26. The van der Waals surface area contributed by atoms with Crippen LogP contribution in [-0.2, 0) is 4.74 Å². The van der Waals surface area contributed by atoms with Gasteiger partial charge in [-0.1, -0.05) is 12.2 Å². The van der Waals surface area contributed by atoms with Crippen LogP contribution >= 0.6 is 0 Å². The highest BCUT2D eigenvalue weighted by atomic mass is 19.1. The summed E-state index contributed by atoms with van der Waals surface area (Å²) in [4.78, 5) is 11.3. The zero-order valence-corrected chi connectivity index (χ0v) is 12.4. The molecule has 0 aromatic heterocycles. The molecular formula is C15H20F2N2O2. The first-order chi connectivity index (χ1) is 9.69. The predicted molar refractivity (Wildman–Crippen MR) is 78.7 cm³/mol. The second-order valence-electron chi connectivity index (χ2n) is 5.52. The molecule has 0 saturated carbocycles. The first-order valence-corrected chi connectivity index (χ1v) is 6.57. The summed E-state index contributed by atoms with van der Waals surface area (Å²) >= 11 is 0. The molecule has 0 aliphatic rings. The van der Waals surface area contributed by atoms with E-state index in [9.17, 15) is 13.6 Å². The van der Waals surface area contributed by atoms with Gasteiger partial charge in [-0.25, -0.2) is 13.6 Å². The largest absolute Gasteiger partial charge is 0.444 e. The fourth-order valence-corrected chi connectivity index (χ4v) is 1.49. The molecule has 3 N–H and O–H groups in total. The normalized spacial score (nSPS) is 11.7. The number of ether oxygens (including phenoxy) is 1. The van der Waals surface area contributed by atoms with E-state index in [1.165, 1.54) is 0 Å². The molecule has 1 amide bonds. The molecule has 21 heavy (non-hydrogen) atoms. The third kappa shape index (κ3) is 6.25. The van der Waals surface area contributed by atoms with E-state index in [2.05, 4.69) is 5.32 Å². The van der Waals surface area contributed by atoms with Gasteiger partial charge < -0.3 is 15.8 Å². The van der Waals surface area contributed by atoms with Gasteiger partial charge in [0.05, 0.1) is 0 Å². The van der Waals surface area contributed by atoms with Crippen LogP contribution in [0.25, 0.3) is 6.08 Å². The van der Waals surface area contributed by atoms with E-state index in [1.807, 2.05) is 0 Å². The van der Waals surface area contributed by atoms with Crippen LogP contribution < -0.4 is 11.1 Å². The van der Waals surface area contributed by atoms with Crippen molar-refractivity contribution < 1.29 is 18.3 Å². The van der Waals surface area contributed by atoms with Crippen molar-refractivity contribution in [3.8, 4) is 0 Å². The minimum Gasteiger partial charge on any atom is -0.444 e. The molecule has 0 atom stereocenters. The van der Waals surface area contributed by atoms with Crippen molar-refractivity contribution >= 4 is 17.9 Å². The van der Waals surface area contributed by atoms with Crippen LogP contribution in [0.15, 0.2) is 18.2 Å². The van der Waals surface area contributed by atoms with Crippen LogP contribution in [0, 0.1) is 11.6 Å². The van der Waals surface area contributed by atoms with Crippen LogP contribution in [0.3, 0.4) is 0 Å². The minimum atomic E-state index is -0.790. The SMILES string of the molecule is CC(C)(C)OC(=O)NCCC=Cc1cc(F)c(N)c(F)c1. The Hall–Kier alpha value is -2.11. The predicted octanol–water partition coefficient (Wildman–Crippen LogP) is 3.48. The fraction of sp³-hybridized carbons (Fsp3) is 0.400. The van der Waals surface area contributed by atoms with Gasteiger partial charge in [0.15, 0.2) is 0 Å². The molecule has 116 valence electrons. The second-order valence-corrected chi connectivity index (χ2v) is 5.52. The highest BCUT2D eigenvalue weighted by molar-refractivity contribution is 5.67. The zero-order chi connectivity index (χ0) is 16.0. The van der Waals surface area contributed by atoms with Crippen molar-refractivity contribution in [3.63, 3.8) is 0 Å². The molecule has 0 aliphatic carbocycles. The molecule has 0 fully saturated rings. The second kappa shape index (κ2) is 7.06. The van der Waals surface area contributed by atoms with E-state index in [-0.39, 0.29) is 0 Å². The lowest BCUT2D eigenvalue weighted by Crippen LogP contribution is -2.32. The number of carbonyl (C=O) groups excluding carboxylic acids is 1. The van der Waals surface area contributed by atoms with Crippen molar-refractivity contribution in [1.29, 1.82) is 0 Å². The summed E-state index contributed by atoms with van der Waals surface area (Å²) in [5.41, 5.74) is 4.52. The summed E-state index contributed by atoms with van der Waals surface area (Å²) in [6, 6.07) is 2.30. The Morgan fingerprint density at radius 1 is 1.33 bits per heavy atom. The molecule has 0 radical (unpaired) electrons. The number of hydrogen-bond acceptors (Lipinski definition) is 3. The minimum absolute atomic E-state index is 0.366. The number of anilines is 1. The monoisotopic (exact) mass is 298 g/mol. The van der Waals surface area contributed by atoms with E-state index in [1.54, 1.807) is 32.9 Å². The Kier molecular flexibility index (Phi) is 5.69. The lowest BCUT2D eigenvalue weighted by atomic mass is 10.1. The van der Waals surface area contributed by atoms with E-state index in [0.29, 0.717) is 18.5 Å². The molecule has 0 aliphatic heterocycles. The quantitative estimate of drug-likeness (QED) is 0.661. The van der Waals surface area contributed by atoms with Crippen molar-refractivity contribution in [3.05, 3.63) is 35.4 Å². The summed E-state index contributed by atoms with van der Waals surface area (Å²) in [5, 5.41) is 2.58. The van der Waals surface area contributed by atoms with Gasteiger partial charge in [0.1, 0.15) is 22.9 Å². The van der Waals surface area contributed by atoms with E-state index in [4.69, 9.17) is 10.5 Å². The third-order valence-corrected chi connectivity index (χ3v) is 2.39. The number of rotatable bonds is 4. The molecule has 0 saturated heterocycles. The Bertz CT molecular complexity index is 514. The number of nitrogens with two attached hydrogens (primary N) is 1. The number of carbonyl (C=O) groups is 1. The van der Waals surface area contributed by atoms with Crippen LogP contribution in [0.5, 0.6) is 0 Å². The number of amides is 1.